The lowest BCUT2D eigenvalue weighted by Crippen LogP contribution is -2.48. The van der Waals surface area contributed by atoms with Gasteiger partial charge in [-0.2, -0.15) is 0 Å². The molecule has 0 aromatic rings. The number of halogens is 1. The Morgan fingerprint density at radius 3 is 2.57 bits per heavy atom. The smallest absolute Gasteiger partial charge is 0.244 e. The first-order valence-corrected chi connectivity index (χ1v) is 7.98. The molecule has 122 valence electrons. The van der Waals surface area contributed by atoms with E-state index in [0.29, 0.717) is 12.5 Å². The Morgan fingerprint density at radius 2 is 1.95 bits per heavy atom. The second-order valence-corrected chi connectivity index (χ2v) is 6.01. The molecule has 2 aliphatic heterocycles. The molecule has 5 nitrogen and oxygen atoms in total. The van der Waals surface area contributed by atoms with E-state index in [0.717, 1.165) is 45.3 Å². The van der Waals surface area contributed by atoms with Crippen molar-refractivity contribution in [1.82, 2.24) is 15.5 Å². The fourth-order valence-electron chi connectivity index (χ4n) is 3.07. The van der Waals surface area contributed by atoms with Crippen molar-refractivity contribution in [3.63, 3.8) is 0 Å². The van der Waals surface area contributed by atoms with Gasteiger partial charge in [-0.25, -0.2) is 0 Å². The van der Waals surface area contributed by atoms with Crippen LogP contribution in [0.2, 0.25) is 0 Å². The minimum atomic E-state index is -0.392. The maximum Gasteiger partial charge on any atom is 0.244 e. The molecule has 2 saturated heterocycles. The van der Waals surface area contributed by atoms with Crippen LogP contribution in [0.15, 0.2) is 0 Å². The first-order chi connectivity index (χ1) is 9.66. The van der Waals surface area contributed by atoms with Crippen LogP contribution in [0.3, 0.4) is 0 Å². The molecule has 0 aromatic carbocycles. The van der Waals surface area contributed by atoms with Gasteiger partial charge in [0.05, 0.1) is 0 Å². The van der Waals surface area contributed by atoms with Crippen LogP contribution in [0, 0.1) is 0 Å². The molecule has 0 bridgehead atoms. The lowest BCUT2D eigenvalue weighted by molar-refractivity contribution is -0.136. The molecule has 21 heavy (non-hydrogen) atoms. The molecule has 0 aliphatic carbocycles. The van der Waals surface area contributed by atoms with Crippen molar-refractivity contribution in [3.05, 3.63) is 0 Å². The fourth-order valence-corrected chi connectivity index (χ4v) is 3.07. The van der Waals surface area contributed by atoms with E-state index in [-0.39, 0.29) is 24.2 Å². The number of piperidine rings is 1. The van der Waals surface area contributed by atoms with Gasteiger partial charge in [-0.3, -0.25) is 9.59 Å². The third kappa shape index (κ3) is 5.83. The summed E-state index contributed by atoms with van der Waals surface area (Å²) in [5, 5.41) is 6.23. The van der Waals surface area contributed by atoms with Crippen LogP contribution in [-0.2, 0) is 9.59 Å². The number of carbonyl (C=O) groups excluding carboxylic acids is 2. The summed E-state index contributed by atoms with van der Waals surface area (Å²) in [6, 6.07) is 0.0889. The number of nitrogens with one attached hydrogen (secondary N) is 2. The number of carbonyl (C=O) groups is 2. The van der Waals surface area contributed by atoms with Gasteiger partial charge in [-0.05, 0) is 52.0 Å². The second-order valence-electron chi connectivity index (χ2n) is 6.01. The van der Waals surface area contributed by atoms with Gasteiger partial charge in [0.2, 0.25) is 11.8 Å². The third-order valence-electron chi connectivity index (χ3n) is 4.30. The summed E-state index contributed by atoms with van der Waals surface area (Å²) in [4.78, 5) is 26.0. The minimum Gasteiger partial charge on any atom is -0.345 e. The molecule has 2 amide bonds. The van der Waals surface area contributed by atoms with Crippen molar-refractivity contribution in [2.45, 2.75) is 64.0 Å². The summed E-state index contributed by atoms with van der Waals surface area (Å²) in [7, 11) is 0. The first kappa shape index (κ1) is 18.2. The van der Waals surface area contributed by atoms with Crippen LogP contribution in [0.5, 0.6) is 0 Å². The number of hydrogen-bond acceptors (Lipinski definition) is 3. The third-order valence-corrected chi connectivity index (χ3v) is 4.30. The molecule has 2 N–H and O–H groups in total. The van der Waals surface area contributed by atoms with Crippen molar-refractivity contribution in [2.75, 3.05) is 19.6 Å². The van der Waals surface area contributed by atoms with Crippen molar-refractivity contribution in [1.29, 1.82) is 0 Å². The SMILES string of the molecule is CC(NC(=O)CCC1CCCN1)C(=O)N1CCCCC1.Cl. The van der Waals surface area contributed by atoms with E-state index in [1.54, 1.807) is 6.92 Å². The molecule has 0 aromatic heterocycles. The first-order valence-electron chi connectivity index (χ1n) is 7.98. The van der Waals surface area contributed by atoms with Crippen molar-refractivity contribution < 1.29 is 9.59 Å². The number of nitrogens with zero attached hydrogens (tertiary/aromatic N) is 1. The Hall–Kier alpha value is -0.810. The topological polar surface area (TPSA) is 61.4 Å². The van der Waals surface area contributed by atoms with Gasteiger partial charge in [0.1, 0.15) is 6.04 Å². The molecule has 2 unspecified atom stereocenters. The number of hydrogen-bond donors (Lipinski definition) is 2. The maximum absolute atomic E-state index is 12.2. The Morgan fingerprint density at radius 1 is 1.24 bits per heavy atom. The van der Waals surface area contributed by atoms with Gasteiger partial charge in [0.15, 0.2) is 0 Å². The summed E-state index contributed by atoms with van der Waals surface area (Å²) in [5.74, 6) is 0.0635. The molecule has 6 heteroatoms. The average Bonchev–Trinajstić information content (AvgIpc) is 2.98. The largest absolute Gasteiger partial charge is 0.345 e. The summed E-state index contributed by atoms with van der Waals surface area (Å²) in [6.45, 7) is 4.54. The summed E-state index contributed by atoms with van der Waals surface area (Å²) in [6.07, 6.45) is 7.12. The molecule has 0 spiro atoms. The minimum absolute atomic E-state index is 0. The zero-order valence-electron chi connectivity index (χ0n) is 12.9. The van der Waals surface area contributed by atoms with Crippen LogP contribution in [-0.4, -0.2) is 48.4 Å². The summed E-state index contributed by atoms with van der Waals surface area (Å²) < 4.78 is 0. The van der Waals surface area contributed by atoms with Gasteiger partial charge < -0.3 is 15.5 Å². The molecule has 0 saturated carbocycles. The summed E-state index contributed by atoms with van der Waals surface area (Å²) >= 11 is 0. The van der Waals surface area contributed by atoms with Gasteiger partial charge in [0, 0.05) is 25.6 Å². The van der Waals surface area contributed by atoms with Crippen LogP contribution in [0.1, 0.15) is 51.9 Å². The van der Waals surface area contributed by atoms with Gasteiger partial charge >= 0.3 is 0 Å². The Balaban J connectivity index is 0.00000220. The lowest BCUT2D eigenvalue weighted by atomic mass is 10.1. The molecule has 2 rings (SSSR count). The monoisotopic (exact) mass is 317 g/mol. The highest BCUT2D eigenvalue weighted by atomic mass is 35.5. The van der Waals surface area contributed by atoms with Crippen LogP contribution >= 0.6 is 12.4 Å². The van der Waals surface area contributed by atoms with Crippen molar-refractivity contribution >= 4 is 24.2 Å². The van der Waals surface area contributed by atoms with E-state index >= 15 is 0 Å². The molecule has 2 aliphatic rings. The molecule has 2 atom stereocenters. The van der Waals surface area contributed by atoms with E-state index < -0.39 is 6.04 Å². The Labute approximate surface area is 133 Å². The molecule has 0 radical (unpaired) electrons. The van der Waals surface area contributed by atoms with Crippen molar-refractivity contribution in [2.24, 2.45) is 0 Å². The quantitative estimate of drug-likeness (QED) is 0.807. The van der Waals surface area contributed by atoms with E-state index in [1.165, 1.54) is 12.8 Å². The Kier molecular flexibility index (Phi) is 8.04. The number of rotatable bonds is 5. The van der Waals surface area contributed by atoms with E-state index in [9.17, 15) is 9.59 Å². The second kappa shape index (κ2) is 9.26. The zero-order chi connectivity index (χ0) is 14.4. The lowest BCUT2D eigenvalue weighted by Gasteiger charge is -2.29. The van der Waals surface area contributed by atoms with Gasteiger partial charge in [-0.1, -0.05) is 0 Å². The molecular weight excluding hydrogens is 290 g/mol. The van der Waals surface area contributed by atoms with Crippen molar-refractivity contribution in [3.8, 4) is 0 Å². The number of likely N-dealkylation sites (tertiary alicyclic amines) is 1. The fraction of sp³-hybridized carbons (Fsp3) is 0.867. The molecular formula is C15H28ClN3O2. The predicted molar refractivity (Wildman–Crippen MR) is 85.5 cm³/mol. The highest BCUT2D eigenvalue weighted by molar-refractivity contribution is 5.87. The van der Waals surface area contributed by atoms with E-state index in [1.807, 2.05) is 4.90 Å². The standard InChI is InChI=1S/C15H27N3O2.ClH/c1-12(15(20)18-10-3-2-4-11-18)17-14(19)8-7-13-6-5-9-16-13;/h12-13,16H,2-11H2,1H3,(H,17,19);1H. The predicted octanol–water partition coefficient (Wildman–Crippen LogP) is 1.46. The van der Waals surface area contributed by atoms with Crippen LogP contribution < -0.4 is 10.6 Å². The zero-order valence-corrected chi connectivity index (χ0v) is 13.7. The molecule has 2 heterocycles. The van der Waals surface area contributed by atoms with Gasteiger partial charge in [0.25, 0.3) is 0 Å². The maximum atomic E-state index is 12.2. The normalized spacial score (nSPS) is 23.3. The average molecular weight is 318 g/mol. The Bertz CT molecular complexity index is 340. The number of amides is 2. The highest BCUT2D eigenvalue weighted by Gasteiger charge is 2.23. The highest BCUT2D eigenvalue weighted by Crippen LogP contribution is 2.12. The van der Waals surface area contributed by atoms with Gasteiger partial charge in [-0.15, -0.1) is 12.4 Å². The van der Waals surface area contributed by atoms with Crippen LogP contribution in [0.25, 0.3) is 0 Å². The van der Waals surface area contributed by atoms with E-state index in [2.05, 4.69) is 10.6 Å². The summed E-state index contributed by atoms with van der Waals surface area (Å²) in [5.41, 5.74) is 0. The molecule has 2 fully saturated rings. The van der Waals surface area contributed by atoms with E-state index in [4.69, 9.17) is 0 Å². The van der Waals surface area contributed by atoms with Crippen LogP contribution in [0.4, 0.5) is 0 Å².